The molecule has 150 valence electrons. The molecule has 7 heteroatoms. The Morgan fingerprint density at radius 3 is 2.76 bits per heavy atom. The minimum absolute atomic E-state index is 0.0653. The largest absolute Gasteiger partial charge is 0.368 e. The molecule has 2 atom stereocenters. The molecule has 2 fully saturated rings. The topological polar surface area (TPSA) is 62.3 Å². The molecule has 29 heavy (non-hydrogen) atoms. The van der Waals surface area contributed by atoms with Gasteiger partial charge >= 0.3 is 0 Å². The van der Waals surface area contributed by atoms with E-state index in [2.05, 4.69) is 15.2 Å². The summed E-state index contributed by atoms with van der Waals surface area (Å²) in [6, 6.07) is 13.1. The molecule has 2 aliphatic rings. The highest BCUT2D eigenvalue weighted by Gasteiger charge is 2.35. The van der Waals surface area contributed by atoms with Crippen LogP contribution in [-0.2, 0) is 9.84 Å². The first-order chi connectivity index (χ1) is 14.0. The Balaban J connectivity index is 1.52. The number of anilines is 1. The maximum atomic E-state index is 13.5. The number of piperidine rings is 1. The normalized spacial score (nSPS) is 22.0. The predicted molar refractivity (Wildman–Crippen MR) is 110 cm³/mol. The van der Waals surface area contributed by atoms with Crippen molar-refractivity contribution < 1.29 is 12.8 Å². The molecule has 5 rings (SSSR count). The summed E-state index contributed by atoms with van der Waals surface area (Å²) in [5, 5.41) is 4.38. The first-order valence-electron chi connectivity index (χ1n) is 9.90. The van der Waals surface area contributed by atoms with Crippen molar-refractivity contribution >= 4 is 26.4 Å². The van der Waals surface area contributed by atoms with Crippen molar-refractivity contribution in [3.8, 4) is 0 Å². The van der Waals surface area contributed by atoms with Crippen molar-refractivity contribution in [3.05, 3.63) is 60.5 Å². The van der Waals surface area contributed by atoms with Crippen molar-refractivity contribution in [1.82, 2.24) is 10.3 Å². The predicted octanol–water partition coefficient (Wildman–Crippen LogP) is 3.39. The Hall–Kier alpha value is -2.51. The number of pyridine rings is 1. The molecular weight excluding hydrogens is 389 g/mol. The molecule has 0 amide bonds. The van der Waals surface area contributed by atoms with Crippen molar-refractivity contribution in [1.29, 1.82) is 0 Å². The fraction of sp³-hybridized carbons (Fsp3) is 0.318. The summed E-state index contributed by atoms with van der Waals surface area (Å²) in [4.78, 5) is 6.88. The van der Waals surface area contributed by atoms with Gasteiger partial charge in [-0.05, 0) is 55.6 Å². The molecule has 0 bridgehead atoms. The fourth-order valence-electron chi connectivity index (χ4n) is 4.54. The number of aromatic nitrogens is 1. The molecule has 2 aromatic carbocycles. The number of hydrogen-bond acceptors (Lipinski definition) is 5. The summed E-state index contributed by atoms with van der Waals surface area (Å²) >= 11 is 0. The molecular formula is C22H22FN3O2S. The lowest BCUT2D eigenvalue weighted by molar-refractivity contribution is 0.340. The lowest BCUT2D eigenvalue weighted by atomic mass is 9.94. The highest BCUT2D eigenvalue weighted by molar-refractivity contribution is 7.91. The van der Waals surface area contributed by atoms with Crippen molar-refractivity contribution in [2.45, 2.75) is 28.7 Å². The van der Waals surface area contributed by atoms with E-state index in [1.807, 2.05) is 18.2 Å². The zero-order chi connectivity index (χ0) is 20.0. The average molecular weight is 412 g/mol. The van der Waals surface area contributed by atoms with E-state index in [-0.39, 0.29) is 9.79 Å². The Kier molecular flexibility index (Phi) is 4.52. The van der Waals surface area contributed by atoms with Crippen LogP contribution in [0.3, 0.4) is 0 Å². The van der Waals surface area contributed by atoms with Gasteiger partial charge in [-0.25, -0.2) is 12.8 Å². The van der Waals surface area contributed by atoms with Crippen LogP contribution in [0.2, 0.25) is 0 Å². The molecule has 0 aliphatic carbocycles. The number of fused-ring (bicyclic) bond motifs is 2. The number of para-hydroxylation sites is 1. The van der Waals surface area contributed by atoms with Crippen LogP contribution in [0.15, 0.2) is 64.5 Å². The second kappa shape index (κ2) is 7.07. The Morgan fingerprint density at radius 1 is 1.07 bits per heavy atom. The first kappa shape index (κ1) is 18.5. The molecule has 3 heterocycles. The van der Waals surface area contributed by atoms with Gasteiger partial charge in [-0.2, -0.15) is 0 Å². The molecule has 1 N–H and O–H groups in total. The van der Waals surface area contributed by atoms with E-state index in [1.54, 1.807) is 6.07 Å². The Bertz CT molecular complexity index is 1170. The second-order valence-electron chi connectivity index (χ2n) is 7.85. The second-order valence-corrected chi connectivity index (χ2v) is 9.80. The van der Waals surface area contributed by atoms with Gasteiger partial charge in [0, 0.05) is 30.7 Å². The number of rotatable bonds is 3. The van der Waals surface area contributed by atoms with Gasteiger partial charge in [-0.3, -0.25) is 4.98 Å². The van der Waals surface area contributed by atoms with Crippen LogP contribution >= 0.6 is 0 Å². The van der Waals surface area contributed by atoms with Crippen LogP contribution in [-0.4, -0.2) is 39.1 Å². The van der Waals surface area contributed by atoms with Gasteiger partial charge in [0.1, 0.15) is 5.82 Å². The fourth-order valence-corrected chi connectivity index (χ4v) is 5.81. The maximum Gasteiger partial charge on any atom is 0.208 e. The van der Waals surface area contributed by atoms with Crippen LogP contribution in [0.25, 0.3) is 10.9 Å². The average Bonchev–Trinajstić information content (AvgIpc) is 3.17. The van der Waals surface area contributed by atoms with Gasteiger partial charge in [0.05, 0.1) is 21.0 Å². The third kappa shape index (κ3) is 3.28. The van der Waals surface area contributed by atoms with Gasteiger partial charge in [-0.1, -0.05) is 18.2 Å². The van der Waals surface area contributed by atoms with E-state index in [4.69, 9.17) is 0 Å². The summed E-state index contributed by atoms with van der Waals surface area (Å²) in [6.45, 7) is 3.00. The van der Waals surface area contributed by atoms with E-state index in [9.17, 15) is 12.8 Å². The first-order valence-corrected chi connectivity index (χ1v) is 11.4. The summed E-state index contributed by atoms with van der Waals surface area (Å²) in [5.41, 5.74) is 1.83. The summed E-state index contributed by atoms with van der Waals surface area (Å²) in [7, 11) is -3.83. The van der Waals surface area contributed by atoms with Gasteiger partial charge in [0.2, 0.25) is 9.84 Å². The van der Waals surface area contributed by atoms with Crippen LogP contribution in [0.1, 0.15) is 12.8 Å². The molecule has 2 aliphatic heterocycles. The summed E-state index contributed by atoms with van der Waals surface area (Å²) in [6.07, 6.45) is 3.83. The smallest absolute Gasteiger partial charge is 0.208 e. The molecule has 2 saturated heterocycles. The molecule has 0 radical (unpaired) electrons. The Labute approximate surface area is 169 Å². The van der Waals surface area contributed by atoms with Gasteiger partial charge < -0.3 is 10.2 Å². The zero-order valence-electron chi connectivity index (χ0n) is 15.9. The highest BCUT2D eigenvalue weighted by atomic mass is 32.2. The lowest BCUT2D eigenvalue weighted by Crippen LogP contribution is -2.40. The highest BCUT2D eigenvalue weighted by Crippen LogP contribution is 2.34. The number of hydrogen-bond donors (Lipinski definition) is 1. The van der Waals surface area contributed by atoms with Crippen LogP contribution in [0.5, 0.6) is 0 Å². The van der Waals surface area contributed by atoms with Crippen LogP contribution in [0.4, 0.5) is 10.1 Å². The number of nitrogens with zero attached hydrogens (tertiary/aromatic N) is 2. The van der Waals surface area contributed by atoms with E-state index in [0.717, 1.165) is 42.3 Å². The SMILES string of the molecule is O=S(=O)(c1cccc(F)c1)c1cnc2c(N3CC4CCCNC4C3)cccc2c1. The third-order valence-electron chi connectivity index (χ3n) is 6.02. The lowest BCUT2D eigenvalue weighted by Gasteiger charge is -2.24. The Morgan fingerprint density at radius 2 is 1.93 bits per heavy atom. The molecule has 2 unspecified atom stereocenters. The van der Waals surface area contributed by atoms with E-state index in [0.29, 0.717) is 12.0 Å². The minimum Gasteiger partial charge on any atom is -0.368 e. The summed E-state index contributed by atoms with van der Waals surface area (Å²) in [5.74, 6) is 0.0675. The quantitative estimate of drug-likeness (QED) is 0.716. The van der Waals surface area contributed by atoms with Gasteiger partial charge in [0.25, 0.3) is 0 Å². The summed E-state index contributed by atoms with van der Waals surface area (Å²) < 4.78 is 39.4. The van der Waals surface area contributed by atoms with Gasteiger partial charge in [0.15, 0.2) is 0 Å². The number of halogens is 1. The maximum absolute atomic E-state index is 13.5. The third-order valence-corrected chi connectivity index (χ3v) is 7.74. The van der Waals surface area contributed by atoms with E-state index >= 15 is 0 Å². The van der Waals surface area contributed by atoms with Crippen LogP contribution < -0.4 is 10.2 Å². The molecule has 1 aromatic heterocycles. The zero-order valence-corrected chi connectivity index (χ0v) is 16.7. The molecule has 3 aromatic rings. The molecule has 0 saturated carbocycles. The number of sulfone groups is 1. The van der Waals surface area contributed by atoms with Crippen molar-refractivity contribution in [2.24, 2.45) is 5.92 Å². The van der Waals surface area contributed by atoms with Gasteiger partial charge in [-0.15, -0.1) is 0 Å². The molecule has 5 nitrogen and oxygen atoms in total. The number of nitrogens with one attached hydrogen (secondary N) is 1. The monoisotopic (exact) mass is 411 g/mol. The minimum atomic E-state index is -3.83. The van der Waals surface area contributed by atoms with E-state index in [1.165, 1.54) is 37.2 Å². The van der Waals surface area contributed by atoms with E-state index < -0.39 is 15.7 Å². The molecule has 0 spiro atoms. The van der Waals surface area contributed by atoms with Crippen molar-refractivity contribution in [3.63, 3.8) is 0 Å². The van der Waals surface area contributed by atoms with Crippen LogP contribution in [0, 0.1) is 11.7 Å². The van der Waals surface area contributed by atoms with Crippen molar-refractivity contribution in [2.75, 3.05) is 24.5 Å². The number of benzene rings is 2. The standard InChI is InChI=1S/C22H22FN3O2S/c23-17-6-2-7-18(11-17)29(27,28)19-10-15-4-1-8-21(22(15)25-12-19)26-13-16-5-3-9-24-20(16)14-26/h1-2,4,6-8,10-12,16,20,24H,3,5,9,13-14H2.